The molecule has 9 heteroatoms. The highest BCUT2D eigenvalue weighted by atomic mass is 35.5. The van der Waals surface area contributed by atoms with E-state index in [0.717, 1.165) is 38.5 Å². The third-order valence-electron chi connectivity index (χ3n) is 8.17. The van der Waals surface area contributed by atoms with E-state index in [9.17, 15) is 18.0 Å². The van der Waals surface area contributed by atoms with Gasteiger partial charge in [-0.15, -0.1) is 0 Å². The smallest absolute Gasteiger partial charge is 0.264 e. The van der Waals surface area contributed by atoms with Crippen molar-refractivity contribution in [3.8, 4) is 0 Å². The average molecular weight is 660 g/mol. The number of nitrogens with one attached hydrogen (secondary N) is 1. The second kappa shape index (κ2) is 15.4. The number of aryl methyl sites for hydroxylation is 3. The molecule has 4 rings (SSSR count). The molecule has 0 fully saturated rings. The number of nitrogens with zero attached hydrogens (tertiary/aromatic N) is 2. The largest absolute Gasteiger partial charge is 0.352 e. The van der Waals surface area contributed by atoms with Gasteiger partial charge in [0.15, 0.2) is 0 Å². The van der Waals surface area contributed by atoms with Crippen molar-refractivity contribution in [3.63, 3.8) is 0 Å². The van der Waals surface area contributed by atoms with E-state index in [-0.39, 0.29) is 29.8 Å². The second-order valence-corrected chi connectivity index (χ2v) is 14.1. The monoisotopic (exact) mass is 659 g/mol. The van der Waals surface area contributed by atoms with Crippen LogP contribution in [0.25, 0.3) is 0 Å². The van der Waals surface area contributed by atoms with Crippen molar-refractivity contribution in [2.24, 2.45) is 0 Å². The molecule has 0 unspecified atom stereocenters. The molecule has 4 aromatic carbocycles. The molecule has 242 valence electrons. The van der Waals surface area contributed by atoms with Crippen LogP contribution in [-0.2, 0) is 32.6 Å². The lowest BCUT2D eigenvalue weighted by Gasteiger charge is -2.34. The molecule has 2 atom stereocenters. The first-order chi connectivity index (χ1) is 21.9. The number of hydrogen-bond acceptors (Lipinski definition) is 4. The summed E-state index contributed by atoms with van der Waals surface area (Å²) in [7, 11) is -4.21. The van der Waals surface area contributed by atoms with Gasteiger partial charge in [-0.25, -0.2) is 8.42 Å². The Labute approximate surface area is 278 Å². The van der Waals surface area contributed by atoms with Crippen molar-refractivity contribution in [2.45, 2.75) is 71.0 Å². The Morgan fingerprint density at radius 3 is 2.13 bits per heavy atom. The van der Waals surface area contributed by atoms with E-state index in [1.807, 2.05) is 95.3 Å². The molecule has 1 N–H and O–H groups in total. The Bertz CT molecular complexity index is 1760. The van der Waals surface area contributed by atoms with Gasteiger partial charge in [-0.1, -0.05) is 84.8 Å². The van der Waals surface area contributed by atoms with Gasteiger partial charge >= 0.3 is 0 Å². The summed E-state index contributed by atoms with van der Waals surface area (Å²) in [6, 6.07) is 27.4. The standard InChI is InChI=1S/C37H42ClN3O4S/c1-6-29(5)39-37(43)35(23-30-12-8-7-9-13-30)40(24-31-14-10-11-26(2)21-31)36(42)25-41(33-18-15-27(3)28(4)22-33)46(44,45)34-19-16-32(38)17-20-34/h7-22,29,35H,6,23-25H2,1-5H3,(H,39,43)/t29-,35+/m1/s1. The third kappa shape index (κ3) is 8.77. The van der Waals surface area contributed by atoms with Crippen molar-refractivity contribution in [1.29, 1.82) is 0 Å². The summed E-state index contributed by atoms with van der Waals surface area (Å²) in [6.45, 7) is 9.31. The molecular weight excluding hydrogens is 618 g/mol. The predicted molar refractivity (Wildman–Crippen MR) is 185 cm³/mol. The van der Waals surface area contributed by atoms with Crippen LogP contribution in [0.2, 0.25) is 5.02 Å². The molecule has 0 heterocycles. The molecular formula is C37H42ClN3O4S. The highest BCUT2D eigenvalue weighted by Crippen LogP contribution is 2.28. The number of halogens is 1. The minimum Gasteiger partial charge on any atom is -0.352 e. The average Bonchev–Trinajstić information content (AvgIpc) is 3.03. The maximum absolute atomic E-state index is 14.6. The Hall–Kier alpha value is -4.14. The van der Waals surface area contributed by atoms with Gasteiger partial charge in [0.1, 0.15) is 12.6 Å². The van der Waals surface area contributed by atoms with E-state index < -0.39 is 28.5 Å². The summed E-state index contributed by atoms with van der Waals surface area (Å²) in [5.41, 5.74) is 4.95. The van der Waals surface area contributed by atoms with E-state index in [1.54, 1.807) is 12.1 Å². The van der Waals surface area contributed by atoms with E-state index in [0.29, 0.717) is 10.7 Å². The number of anilines is 1. The van der Waals surface area contributed by atoms with Gasteiger partial charge in [-0.05, 0) is 92.8 Å². The molecule has 0 aromatic heterocycles. The fraction of sp³-hybridized carbons (Fsp3) is 0.297. The normalized spacial score (nSPS) is 12.7. The highest BCUT2D eigenvalue weighted by Gasteiger charge is 2.35. The summed E-state index contributed by atoms with van der Waals surface area (Å²) < 4.78 is 29.6. The van der Waals surface area contributed by atoms with Gasteiger partial charge < -0.3 is 10.2 Å². The summed E-state index contributed by atoms with van der Waals surface area (Å²) in [6.07, 6.45) is 0.976. The maximum atomic E-state index is 14.6. The molecule has 7 nitrogen and oxygen atoms in total. The maximum Gasteiger partial charge on any atom is 0.264 e. The quantitative estimate of drug-likeness (QED) is 0.167. The number of rotatable bonds is 13. The molecule has 0 spiro atoms. The van der Waals surface area contributed by atoms with Gasteiger partial charge in [-0.2, -0.15) is 0 Å². The van der Waals surface area contributed by atoms with Crippen LogP contribution in [0.4, 0.5) is 5.69 Å². The Morgan fingerprint density at radius 2 is 1.50 bits per heavy atom. The Balaban J connectivity index is 1.83. The predicted octanol–water partition coefficient (Wildman–Crippen LogP) is 7.02. The van der Waals surface area contributed by atoms with Crippen molar-refractivity contribution < 1.29 is 18.0 Å². The topological polar surface area (TPSA) is 86.8 Å². The third-order valence-corrected chi connectivity index (χ3v) is 10.2. The minimum absolute atomic E-state index is 0.00325. The molecule has 0 radical (unpaired) electrons. The number of amides is 2. The van der Waals surface area contributed by atoms with Crippen molar-refractivity contribution in [3.05, 3.63) is 130 Å². The molecule has 0 saturated carbocycles. The number of benzene rings is 4. The first kappa shape index (κ1) is 34.7. The van der Waals surface area contributed by atoms with Crippen LogP contribution in [0.3, 0.4) is 0 Å². The first-order valence-corrected chi connectivity index (χ1v) is 17.3. The van der Waals surface area contributed by atoms with Crippen LogP contribution in [0.1, 0.15) is 48.1 Å². The Morgan fingerprint density at radius 1 is 0.826 bits per heavy atom. The SMILES string of the molecule is CC[C@@H](C)NC(=O)[C@H](Cc1ccccc1)N(Cc1cccc(C)c1)C(=O)CN(c1ccc(C)c(C)c1)S(=O)(=O)c1ccc(Cl)cc1. The van der Waals surface area contributed by atoms with Crippen molar-refractivity contribution >= 4 is 39.1 Å². The van der Waals surface area contributed by atoms with Gasteiger partial charge in [-0.3, -0.25) is 13.9 Å². The van der Waals surface area contributed by atoms with Gasteiger partial charge in [0.25, 0.3) is 10.0 Å². The fourth-order valence-electron chi connectivity index (χ4n) is 5.15. The minimum atomic E-state index is -4.21. The lowest BCUT2D eigenvalue weighted by Crippen LogP contribution is -2.54. The lowest BCUT2D eigenvalue weighted by molar-refractivity contribution is -0.140. The molecule has 4 aromatic rings. The first-order valence-electron chi connectivity index (χ1n) is 15.4. The van der Waals surface area contributed by atoms with Gasteiger partial charge in [0, 0.05) is 24.0 Å². The summed E-state index contributed by atoms with van der Waals surface area (Å²) >= 11 is 6.08. The van der Waals surface area contributed by atoms with E-state index in [4.69, 9.17) is 11.6 Å². The molecule has 0 aliphatic carbocycles. The number of hydrogen-bond donors (Lipinski definition) is 1. The van der Waals surface area contributed by atoms with E-state index >= 15 is 0 Å². The molecule has 46 heavy (non-hydrogen) atoms. The summed E-state index contributed by atoms with van der Waals surface area (Å²) in [5.74, 6) is -0.796. The molecule has 0 aliphatic rings. The lowest BCUT2D eigenvalue weighted by atomic mass is 10.0. The molecule has 2 amide bonds. The number of sulfonamides is 1. The van der Waals surface area contributed by atoms with Crippen LogP contribution >= 0.6 is 11.6 Å². The second-order valence-electron chi connectivity index (χ2n) is 11.8. The zero-order valence-electron chi connectivity index (χ0n) is 27.0. The van der Waals surface area contributed by atoms with Gasteiger partial charge in [0.05, 0.1) is 10.6 Å². The zero-order chi connectivity index (χ0) is 33.4. The van der Waals surface area contributed by atoms with Crippen LogP contribution in [0.5, 0.6) is 0 Å². The van der Waals surface area contributed by atoms with Crippen LogP contribution in [-0.4, -0.2) is 43.8 Å². The summed E-state index contributed by atoms with van der Waals surface area (Å²) in [4.78, 5) is 30.1. The number of carbonyl (C=O) groups excluding carboxylic acids is 2. The van der Waals surface area contributed by atoms with Gasteiger partial charge in [0.2, 0.25) is 11.8 Å². The fourth-order valence-corrected chi connectivity index (χ4v) is 6.68. The Kier molecular flexibility index (Phi) is 11.7. The van der Waals surface area contributed by atoms with Crippen LogP contribution in [0, 0.1) is 20.8 Å². The van der Waals surface area contributed by atoms with Crippen molar-refractivity contribution in [2.75, 3.05) is 10.8 Å². The van der Waals surface area contributed by atoms with E-state index in [2.05, 4.69) is 5.32 Å². The molecule has 0 bridgehead atoms. The van der Waals surface area contributed by atoms with Crippen LogP contribution in [0.15, 0.2) is 102 Å². The zero-order valence-corrected chi connectivity index (χ0v) is 28.6. The molecule has 0 aliphatic heterocycles. The molecule has 0 saturated heterocycles. The van der Waals surface area contributed by atoms with Crippen LogP contribution < -0.4 is 9.62 Å². The highest BCUT2D eigenvalue weighted by molar-refractivity contribution is 7.92. The van der Waals surface area contributed by atoms with E-state index in [1.165, 1.54) is 29.2 Å². The number of carbonyl (C=O) groups is 2. The summed E-state index contributed by atoms with van der Waals surface area (Å²) in [5, 5.41) is 3.46. The van der Waals surface area contributed by atoms with Crippen molar-refractivity contribution in [1.82, 2.24) is 10.2 Å².